The molecule has 0 aromatic heterocycles. The minimum Gasteiger partial charge on any atom is -0.266 e. The van der Waals surface area contributed by atoms with E-state index in [1.54, 1.807) is 18.2 Å². The molecule has 4 aromatic carbocycles. The number of aliphatic imine (C=N–C) groups is 1. The van der Waals surface area contributed by atoms with Crippen LogP contribution in [0.25, 0.3) is 6.08 Å². The number of benzene rings is 4. The van der Waals surface area contributed by atoms with Crippen molar-refractivity contribution >= 4 is 56.9 Å². The van der Waals surface area contributed by atoms with Gasteiger partial charge in [-0.25, -0.2) is 9.38 Å². The summed E-state index contributed by atoms with van der Waals surface area (Å²) in [7, 11) is 0. The second-order valence-electron chi connectivity index (χ2n) is 7.99. The maximum absolute atomic E-state index is 14.3. The lowest BCUT2D eigenvalue weighted by Crippen LogP contribution is -2.32. The normalized spacial score (nSPS) is 14.4. The quantitative estimate of drug-likeness (QED) is 0.264. The maximum Gasteiger partial charge on any atom is 0.284 e. The Morgan fingerprint density at radius 1 is 0.778 bits per heavy atom. The van der Waals surface area contributed by atoms with Crippen LogP contribution in [-0.2, 0) is 4.79 Å². The van der Waals surface area contributed by atoms with E-state index in [0.717, 1.165) is 27.7 Å². The third-order valence-electron chi connectivity index (χ3n) is 5.89. The molecule has 0 atom stereocenters. The second kappa shape index (κ2) is 10.3. The molecule has 6 heteroatoms. The van der Waals surface area contributed by atoms with E-state index in [1.807, 2.05) is 91.0 Å². The molecule has 0 unspecified atom stereocenters. The van der Waals surface area contributed by atoms with Crippen molar-refractivity contribution in [2.75, 3.05) is 0 Å². The lowest BCUT2D eigenvalue weighted by Gasteiger charge is -2.30. The molecule has 0 N–H and O–H groups in total. The summed E-state index contributed by atoms with van der Waals surface area (Å²) in [4.78, 5) is 17.6. The highest BCUT2D eigenvalue weighted by Crippen LogP contribution is 2.48. The molecule has 0 spiro atoms. The van der Waals surface area contributed by atoms with Gasteiger partial charge >= 0.3 is 0 Å². The number of halogens is 1. The number of rotatable bonds is 5. The zero-order chi connectivity index (χ0) is 25.0. The van der Waals surface area contributed by atoms with Crippen LogP contribution >= 0.6 is 18.6 Å². The van der Waals surface area contributed by atoms with Crippen molar-refractivity contribution in [2.24, 2.45) is 4.99 Å². The molecule has 5 rings (SSSR count). The Bertz CT molecular complexity index is 1490. The van der Waals surface area contributed by atoms with Crippen molar-refractivity contribution in [2.45, 2.75) is 0 Å². The van der Waals surface area contributed by atoms with E-state index < -0.39 is 18.6 Å². The van der Waals surface area contributed by atoms with Crippen LogP contribution in [0.3, 0.4) is 0 Å². The minimum atomic E-state index is -2.71. The summed E-state index contributed by atoms with van der Waals surface area (Å²) in [5.41, 5.74) is 0.304. The van der Waals surface area contributed by atoms with Crippen LogP contribution in [0.1, 0.15) is 5.56 Å². The Labute approximate surface area is 213 Å². The summed E-state index contributed by atoms with van der Waals surface area (Å²) < 4.78 is 14.3. The largest absolute Gasteiger partial charge is 0.284 e. The molecular weight excluding hydrogens is 486 g/mol. The molecule has 0 radical (unpaired) electrons. The first-order valence-electron chi connectivity index (χ1n) is 11.3. The fourth-order valence-electron chi connectivity index (χ4n) is 4.30. The molecule has 0 saturated carbocycles. The van der Waals surface area contributed by atoms with Gasteiger partial charge in [-0.1, -0.05) is 121 Å². The molecule has 1 aliphatic heterocycles. The van der Waals surface area contributed by atoms with E-state index >= 15 is 0 Å². The maximum atomic E-state index is 14.3. The fraction of sp³-hybridized carbons (Fsp3) is 0. The van der Waals surface area contributed by atoms with Gasteiger partial charge in [0.25, 0.3) is 5.91 Å². The summed E-state index contributed by atoms with van der Waals surface area (Å²) in [6.07, 6.45) is 1.50. The Hall–Kier alpha value is -3.97. The van der Waals surface area contributed by atoms with E-state index in [2.05, 4.69) is 11.1 Å². The first kappa shape index (κ1) is 23.8. The van der Waals surface area contributed by atoms with E-state index in [0.29, 0.717) is 15.9 Å². The lowest BCUT2D eigenvalue weighted by molar-refractivity contribution is -0.113. The highest BCUT2D eigenvalue weighted by molar-refractivity contribution is 8.22. The van der Waals surface area contributed by atoms with Crippen LogP contribution in [0.4, 0.5) is 4.39 Å². The SMILES string of the molecule is N#CC(C1=NC(=O)C(=Cc2ccccc2F)S1)=P(c1ccccc1)(c1ccccc1)c1ccccc1. The number of thioether (sulfide) groups is 1. The number of nitrogens with zero attached hydrogens (tertiary/aromatic N) is 2. The van der Waals surface area contributed by atoms with Gasteiger partial charge in [-0.3, -0.25) is 4.79 Å². The monoisotopic (exact) mass is 506 g/mol. The van der Waals surface area contributed by atoms with E-state index in [9.17, 15) is 14.4 Å². The highest BCUT2D eigenvalue weighted by Gasteiger charge is 2.35. The average Bonchev–Trinajstić information content (AvgIpc) is 3.29. The number of nitriles is 1. The number of amides is 1. The summed E-state index contributed by atoms with van der Waals surface area (Å²) in [6.45, 7) is -2.71. The van der Waals surface area contributed by atoms with Crippen LogP contribution in [0.5, 0.6) is 0 Å². The Balaban J connectivity index is 1.81. The van der Waals surface area contributed by atoms with Gasteiger partial charge in [0.1, 0.15) is 16.9 Å². The number of carbonyl (C=O) groups is 1. The first-order valence-corrected chi connectivity index (χ1v) is 13.9. The van der Waals surface area contributed by atoms with Crippen molar-refractivity contribution in [3.8, 4) is 6.07 Å². The third-order valence-corrected chi connectivity index (χ3v) is 11.2. The van der Waals surface area contributed by atoms with E-state index in [-0.39, 0.29) is 4.91 Å². The number of carbonyl (C=O) groups excluding carboxylic acids is 1. The topological polar surface area (TPSA) is 53.2 Å². The van der Waals surface area contributed by atoms with E-state index in [4.69, 9.17) is 0 Å². The average molecular weight is 507 g/mol. The van der Waals surface area contributed by atoms with Gasteiger partial charge in [0.05, 0.1) is 10.2 Å². The summed E-state index contributed by atoms with van der Waals surface area (Å²) in [5.74, 6) is -0.894. The minimum absolute atomic E-state index is 0.287. The van der Waals surface area contributed by atoms with Crippen LogP contribution in [0.15, 0.2) is 125 Å². The summed E-state index contributed by atoms with van der Waals surface area (Å²) >= 11 is 1.13. The molecule has 36 heavy (non-hydrogen) atoms. The third kappa shape index (κ3) is 4.27. The van der Waals surface area contributed by atoms with Crippen LogP contribution in [0.2, 0.25) is 0 Å². The Morgan fingerprint density at radius 3 is 1.72 bits per heavy atom. The molecular formula is C30H20FN2OPS. The van der Waals surface area contributed by atoms with Crippen molar-refractivity contribution in [3.63, 3.8) is 0 Å². The zero-order valence-corrected chi connectivity index (χ0v) is 20.8. The van der Waals surface area contributed by atoms with Gasteiger partial charge in [0.15, 0.2) is 0 Å². The van der Waals surface area contributed by atoms with E-state index in [1.165, 1.54) is 12.1 Å². The molecule has 174 valence electrons. The van der Waals surface area contributed by atoms with Crippen LogP contribution in [-0.4, -0.2) is 16.2 Å². The highest BCUT2D eigenvalue weighted by atomic mass is 32.2. The lowest BCUT2D eigenvalue weighted by atomic mass is 10.2. The number of hydrogen-bond donors (Lipinski definition) is 0. The van der Waals surface area contributed by atoms with Gasteiger partial charge in [0, 0.05) is 5.56 Å². The number of hydrogen-bond acceptors (Lipinski definition) is 3. The molecule has 0 bridgehead atoms. The van der Waals surface area contributed by atoms with Gasteiger partial charge in [-0.15, -0.1) is 0 Å². The molecule has 3 nitrogen and oxygen atoms in total. The predicted molar refractivity (Wildman–Crippen MR) is 150 cm³/mol. The molecule has 4 aromatic rings. The first-order chi connectivity index (χ1) is 17.6. The molecule has 0 fully saturated rings. The summed E-state index contributed by atoms with van der Waals surface area (Å²) in [6, 6.07) is 38.5. The molecule has 1 aliphatic rings. The van der Waals surface area contributed by atoms with Gasteiger partial charge in [-0.2, -0.15) is 5.26 Å². The van der Waals surface area contributed by atoms with Crippen LogP contribution < -0.4 is 15.9 Å². The van der Waals surface area contributed by atoms with Crippen molar-refractivity contribution in [1.82, 2.24) is 0 Å². The van der Waals surface area contributed by atoms with Crippen molar-refractivity contribution < 1.29 is 9.18 Å². The predicted octanol–water partition coefficient (Wildman–Crippen LogP) is 5.53. The molecule has 1 heterocycles. The van der Waals surface area contributed by atoms with Gasteiger partial charge in [0.2, 0.25) is 0 Å². The second-order valence-corrected chi connectivity index (χ2v) is 12.4. The molecule has 1 amide bonds. The Kier molecular flexibility index (Phi) is 6.82. The standard InChI is InChI=1S/C30H20FN2OPS/c31-26-19-11-10-12-22(26)20-28-29(34)33-30(36-28)27(21-32)35(23-13-4-1-5-14-23,24-15-6-2-7-16-24)25-17-8-3-9-18-25/h1-20H. The molecule has 0 saturated heterocycles. The fourth-order valence-corrected chi connectivity index (χ4v) is 9.66. The molecule has 0 aliphatic carbocycles. The van der Waals surface area contributed by atoms with Crippen molar-refractivity contribution in [3.05, 3.63) is 132 Å². The van der Waals surface area contributed by atoms with Gasteiger partial charge in [-0.05, 0) is 34.9 Å². The smallest absolute Gasteiger partial charge is 0.266 e. The zero-order valence-electron chi connectivity index (χ0n) is 19.1. The van der Waals surface area contributed by atoms with Gasteiger partial charge < -0.3 is 0 Å². The Morgan fingerprint density at radius 2 is 1.25 bits per heavy atom. The van der Waals surface area contributed by atoms with Crippen LogP contribution in [0, 0.1) is 17.1 Å². The van der Waals surface area contributed by atoms with Crippen molar-refractivity contribution in [1.29, 1.82) is 5.26 Å². The summed E-state index contributed by atoms with van der Waals surface area (Å²) in [5, 5.41) is 14.4.